The zero-order valence-electron chi connectivity index (χ0n) is 23.1. The van der Waals surface area contributed by atoms with Gasteiger partial charge in [-0.05, 0) is 67.3 Å². The summed E-state index contributed by atoms with van der Waals surface area (Å²) in [7, 11) is -6.00. The Morgan fingerprint density at radius 2 is 1.64 bits per heavy atom. The third-order valence-electron chi connectivity index (χ3n) is 7.64. The number of anilines is 2. The second kappa shape index (κ2) is 12.1. The molecule has 3 aromatic carbocycles. The molecule has 2 aliphatic heterocycles. The summed E-state index contributed by atoms with van der Waals surface area (Å²) in [5.41, 5.74) is -5.91. The number of hydrogen-bond acceptors (Lipinski definition) is 6. The second-order valence-electron chi connectivity index (χ2n) is 10.8. The highest BCUT2D eigenvalue weighted by Gasteiger charge is 2.49. The van der Waals surface area contributed by atoms with Gasteiger partial charge in [0.1, 0.15) is 29.0 Å². The Morgan fingerprint density at radius 1 is 0.955 bits per heavy atom. The Hall–Kier alpha value is -3.59. The summed E-state index contributed by atoms with van der Waals surface area (Å²) in [4.78, 5) is 3.32. The molecule has 44 heavy (non-hydrogen) atoms. The molecule has 1 fully saturated rings. The van der Waals surface area contributed by atoms with Gasteiger partial charge in [-0.15, -0.1) is 0 Å². The van der Waals surface area contributed by atoms with Gasteiger partial charge in [-0.1, -0.05) is 6.07 Å². The largest absolute Gasteiger partial charge is 0.534 e. The second-order valence-corrected chi connectivity index (χ2v) is 12.3. The predicted octanol–water partition coefficient (Wildman–Crippen LogP) is 6.47. The van der Waals surface area contributed by atoms with Crippen molar-refractivity contribution in [3.05, 3.63) is 88.5 Å². The number of nitrogens with zero attached hydrogens (tertiary/aromatic N) is 2. The van der Waals surface area contributed by atoms with Crippen LogP contribution >= 0.6 is 0 Å². The lowest BCUT2D eigenvalue weighted by molar-refractivity contribution is -0.0500. The normalized spacial score (nSPS) is 19.4. The molecule has 2 aliphatic rings. The van der Waals surface area contributed by atoms with E-state index in [-0.39, 0.29) is 35.0 Å². The van der Waals surface area contributed by atoms with E-state index in [1.54, 1.807) is 6.92 Å². The molecule has 5 rings (SSSR count). The minimum absolute atomic E-state index is 0.0185. The van der Waals surface area contributed by atoms with Gasteiger partial charge >= 0.3 is 15.6 Å². The van der Waals surface area contributed by atoms with Crippen molar-refractivity contribution in [1.82, 2.24) is 4.90 Å². The zero-order valence-corrected chi connectivity index (χ0v) is 24.0. The number of benzene rings is 3. The molecule has 0 aliphatic carbocycles. The van der Waals surface area contributed by atoms with Gasteiger partial charge in [0.15, 0.2) is 0 Å². The number of likely N-dealkylation sites (tertiary alicyclic amines) is 1. The van der Waals surface area contributed by atoms with Gasteiger partial charge in [-0.2, -0.15) is 21.6 Å². The van der Waals surface area contributed by atoms with E-state index in [1.807, 2.05) is 4.90 Å². The van der Waals surface area contributed by atoms with Gasteiger partial charge in [0, 0.05) is 37.4 Å². The number of nitrogens with one attached hydrogen (secondary N) is 1. The van der Waals surface area contributed by atoms with Crippen LogP contribution in [-0.2, 0) is 16.5 Å². The molecule has 0 aromatic heterocycles. The average Bonchev–Trinajstić information content (AvgIpc) is 2.89. The summed E-state index contributed by atoms with van der Waals surface area (Å²) in [5, 5.41) is 3.03. The molecule has 1 saturated heterocycles. The molecule has 6 nitrogen and oxygen atoms in total. The molecule has 0 radical (unpaired) electrons. The van der Waals surface area contributed by atoms with E-state index >= 15 is 13.2 Å². The quantitative estimate of drug-likeness (QED) is 0.163. The van der Waals surface area contributed by atoms with Crippen molar-refractivity contribution in [1.29, 1.82) is 0 Å². The molecule has 2 atom stereocenters. The van der Waals surface area contributed by atoms with Crippen LogP contribution in [0.25, 0.3) is 0 Å². The van der Waals surface area contributed by atoms with Crippen molar-refractivity contribution < 1.29 is 47.7 Å². The first-order chi connectivity index (χ1) is 20.7. The molecule has 3 aromatic rings. The van der Waals surface area contributed by atoms with E-state index in [2.05, 4.69) is 9.50 Å². The van der Waals surface area contributed by atoms with E-state index in [0.29, 0.717) is 32.1 Å². The summed E-state index contributed by atoms with van der Waals surface area (Å²) in [6, 6.07) is 5.64. The predicted molar refractivity (Wildman–Crippen MR) is 147 cm³/mol. The Balaban J connectivity index is 1.54. The Labute approximate surface area is 248 Å². The van der Waals surface area contributed by atoms with E-state index < -0.39 is 69.0 Å². The average molecular weight is 650 g/mol. The van der Waals surface area contributed by atoms with Crippen LogP contribution in [-0.4, -0.2) is 57.2 Å². The maximum absolute atomic E-state index is 15.9. The van der Waals surface area contributed by atoms with Crippen LogP contribution in [0, 0.1) is 23.3 Å². The van der Waals surface area contributed by atoms with Gasteiger partial charge in [0.2, 0.25) is 0 Å². The number of rotatable bonds is 9. The Bertz CT molecular complexity index is 1620. The fourth-order valence-corrected chi connectivity index (χ4v) is 6.18. The minimum atomic E-state index is -6.00. The molecule has 1 unspecified atom stereocenters. The third kappa shape index (κ3) is 6.29. The van der Waals surface area contributed by atoms with Crippen molar-refractivity contribution in [3.8, 4) is 5.75 Å². The number of hydrogen-bond donors (Lipinski definition) is 1. The SMILES string of the molecule is CC1Cc2cc(OS(=O)(=O)C(F)(F)F)ccc2[C@H](c2c(F)cc(NC3CN(CCCF)C3)cc2F)N1c1ccc(F)cc1F. The summed E-state index contributed by atoms with van der Waals surface area (Å²) in [6.07, 6.45) is 0.359. The Kier molecular flexibility index (Phi) is 8.73. The van der Waals surface area contributed by atoms with Crippen molar-refractivity contribution in [2.24, 2.45) is 0 Å². The highest BCUT2D eigenvalue weighted by molar-refractivity contribution is 7.88. The molecular weight excluding hydrogens is 622 g/mol. The monoisotopic (exact) mass is 649 g/mol. The lowest BCUT2D eigenvalue weighted by Gasteiger charge is -2.44. The topological polar surface area (TPSA) is 61.9 Å². The molecule has 2 heterocycles. The van der Waals surface area contributed by atoms with Crippen molar-refractivity contribution in [2.45, 2.75) is 43.4 Å². The van der Waals surface area contributed by atoms with Crippen LogP contribution in [0.4, 0.5) is 46.5 Å². The van der Waals surface area contributed by atoms with Crippen molar-refractivity contribution >= 4 is 21.5 Å². The van der Waals surface area contributed by atoms with Gasteiger partial charge in [0.05, 0.1) is 30.0 Å². The molecule has 238 valence electrons. The molecule has 0 saturated carbocycles. The van der Waals surface area contributed by atoms with Gasteiger partial charge in [0.25, 0.3) is 0 Å². The molecule has 0 bridgehead atoms. The summed E-state index contributed by atoms with van der Waals surface area (Å²) >= 11 is 0. The number of alkyl halides is 4. The summed E-state index contributed by atoms with van der Waals surface area (Å²) in [5.74, 6) is -4.59. The van der Waals surface area contributed by atoms with E-state index in [0.717, 1.165) is 42.5 Å². The van der Waals surface area contributed by atoms with Gasteiger partial charge in [-0.25, -0.2) is 17.6 Å². The number of halogens is 8. The van der Waals surface area contributed by atoms with E-state index in [9.17, 15) is 30.4 Å². The first-order valence-electron chi connectivity index (χ1n) is 13.6. The lowest BCUT2D eigenvalue weighted by Crippen LogP contribution is -2.54. The number of fused-ring (bicyclic) bond motifs is 1. The van der Waals surface area contributed by atoms with Crippen LogP contribution in [0.3, 0.4) is 0 Å². The summed E-state index contributed by atoms with van der Waals surface area (Å²) in [6.45, 7) is 2.76. The smallest absolute Gasteiger partial charge is 0.380 e. The Morgan fingerprint density at radius 3 is 2.25 bits per heavy atom. The first kappa shape index (κ1) is 31.8. The molecular formula is C29H27F8N3O3S. The van der Waals surface area contributed by atoms with E-state index in [1.165, 1.54) is 4.90 Å². The first-order valence-corrected chi connectivity index (χ1v) is 15.0. The van der Waals surface area contributed by atoms with E-state index in [4.69, 9.17) is 0 Å². The van der Waals surface area contributed by atoms with Crippen LogP contribution in [0.2, 0.25) is 0 Å². The van der Waals surface area contributed by atoms with Crippen LogP contribution in [0.1, 0.15) is 36.1 Å². The molecule has 15 heteroatoms. The molecule has 0 spiro atoms. The van der Waals surface area contributed by atoms with Crippen LogP contribution in [0.15, 0.2) is 48.5 Å². The van der Waals surface area contributed by atoms with Gasteiger partial charge in [-0.3, -0.25) is 9.29 Å². The summed E-state index contributed by atoms with van der Waals surface area (Å²) < 4.78 is 139. The van der Waals surface area contributed by atoms with Gasteiger partial charge < -0.3 is 14.4 Å². The standard InChI is InChI=1S/C29H27F8N3O3S/c1-16-9-17-10-21(43-44(41,42)29(35,36)37)4-5-22(17)28(40(16)26-6-3-18(31)11-23(26)32)27-24(33)12-19(13-25(27)34)38-20-14-39(15-20)8-2-7-30/h3-6,10-13,16,20,28,38H,2,7-9,14-15H2,1H3/t16?,28-/m1/s1. The van der Waals surface area contributed by atoms with Crippen LogP contribution in [0.5, 0.6) is 5.75 Å². The fraction of sp³-hybridized carbons (Fsp3) is 0.379. The highest BCUT2D eigenvalue weighted by atomic mass is 32.2. The maximum Gasteiger partial charge on any atom is 0.534 e. The minimum Gasteiger partial charge on any atom is -0.380 e. The zero-order chi connectivity index (χ0) is 32.0. The molecule has 1 N–H and O–H groups in total. The van der Waals surface area contributed by atoms with Crippen molar-refractivity contribution in [3.63, 3.8) is 0 Å². The highest BCUT2D eigenvalue weighted by Crippen LogP contribution is 2.45. The van der Waals surface area contributed by atoms with Crippen molar-refractivity contribution in [2.75, 3.05) is 36.5 Å². The van der Waals surface area contributed by atoms with Crippen LogP contribution < -0.4 is 14.4 Å². The third-order valence-corrected chi connectivity index (χ3v) is 8.62. The fourth-order valence-electron chi connectivity index (χ4n) is 5.73. The maximum atomic E-state index is 15.9. The molecule has 0 amide bonds. The lowest BCUT2D eigenvalue weighted by atomic mass is 9.84.